The first kappa shape index (κ1) is 14.3. The lowest BCUT2D eigenvalue weighted by Crippen LogP contribution is -2.29. The molecule has 4 heteroatoms. The summed E-state index contributed by atoms with van der Waals surface area (Å²) in [6.45, 7) is 5.90. The van der Waals surface area contributed by atoms with Crippen LogP contribution >= 0.6 is 0 Å². The lowest BCUT2D eigenvalue weighted by molar-refractivity contribution is 0.0943. The van der Waals surface area contributed by atoms with Crippen LogP contribution in [0.3, 0.4) is 0 Å². The van der Waals surface area contributed by atoms with Gasteiger partial charge in [0.1, 0.15) is 5.52 Å². The minimum absolute atomic E-state index is 0.100. The van der Waals surface area contributed by atoms with E-state index in [9.17, 15) is 4.79 Å². The first-order chi connectivity index (χ1) is 10.5. The number of nitrogens with one attached hydrogen (secondary N) is 1. The molecule has 22 heavy (non-hydrogen) atoms. The summed E-state index contributed by atoms with van der Waals surface area (Å²) in [5.41, 5.74) is 4.07. The largest absolute Gasteiger partial charge is 0.436 e. The second kappa shape index (κ2) is 5.64. The Morgan fingerprint density at radius 3 is 2.55 bits per heavy atom. The predicted octanol–water partition coefficient (Wildman–Crippen LogP) is 3.94. The number of amides is 1. The number of carbonyl (C=O) groups is 1. The number of aryl methyl sites for hydroxylation is 1. The maximum Gasteiger partial charge on any atom is 0.251 e. The highest BCUT2D eigenvalue weighted by Crippen LogP contribution is 2.25. The van der Waals surface area contributed by atoms with E-state index < -0.39 is 0 Å². The Balaban J connectivity index is 1.96. The van der Waals surface area contributed by atoms with Crippen molar-refractivity contribution in [2.45, 2.75) is 26.8 Å². The first-order valence-electron chi connectivity index (χ1n) is 7.31. The zero-order chi connectivity index (χ0) is 15.7. The van der Waals surface area contributed by atoms with Crippen molar-refractivity contribution in [1.29, 1.82) is 0 Å². The molecule has 0 saturated heterocycles. The van der Waals surface area contributed by atoms with E-state index in [0.29, 0.717) is 22.6 Å². The normalized spacial score (nSPS) is 11.1. The van der Waals surface area contributed by atoms with Gasteiger partial charge in [0.15, 0.2) is 5.58 Å². The molecule has 3 aromatic rings. The Kier molecular flexibility index (Phi) is 3.67. The molecule has 3 rings (SSSR count). The molecule has 1 heterocycles. The molecule has 0 fully saturated rings. The molecule has 112 valence electrons. The van der Waals surface area contributed by atoms with Gasteiger partial charge in [0.25, 0.3) is 5.91 Å². The summed E-state index contributed by atoms with van der Waals surface area (Å²) in [4.78, 5) is 16.5. The summed E-state index contributed by atoms with van der Waals surface area (Å²) in [7, 11) is 0. The zero-order valence-corrected chi connectivity index (χ0v) is 12.9. The minimum Gasteiger partial charge on any atom is -0.436 e. The number of oxazole rings is 1. The maximum atomic E-state index is 12.0. The van der Waals surface area contributed by atoms with Crippen molar-refractivity contribution in [2.75, 3.05) is 0 Å². The van der Waals surface area contributed by atoms with E-state index in [-0.39, 0.29) is 11.9 Å². The number of fused-ring (bicyclic) bond motifs is 1. The van der Waals surface area contributed by atoms with Crippen LogP contribution in [0.1, 0.15) is 29.8 Å². The van der Waals surface area contributed by atoms with E-state index in [4.69, 9.17) is 4.42 Å². The van der Waals surface area contributed by atoms with Crippen molar-refractivity contribution in [3.63, 3.8) is 0 Å². The highest BCUT2D eigenvalue weighted by Gasteiger charge is 2.12. The third-order valence-electron chi connectivity index (χ3n) is 3.37. The number of hydrogen-bond acceptors (Lipinski definition) is 3. The van der Waals surface area contributed by atoms with Crippen LogP contribution in [0.25, 0.3) is 22.6 Å². The highest BCUT2D eigenvalue weighted by molar-refractivity contribution is 5.97. The van der Waals surface area contributed by atoms with Crippen molar-refractivity contribution >= 4 is 17.0 Å². The molecule has 1 amide bonds. The fourth-order valence-electron chi connectivity index (χ4n) is 2.23. The molecular weight excluding hydrogens is 276 g/mol. The molecular formula is C18H18N2O2. The van der Waals surface area contributed by atoms with Crippen LogP contribution in [0.4, 0.5) is 0 Å². The summed E-state index contributed by atoms with van der Waals surface area (Å²) in [5.74, 6) is 0.466. The van der Waals surface area contributed by atoms with Crippen molar-refractivity contribution < 1.29 is 9.21 Å². The Bertz CT molecular complexity index is 817. The van der Waals surface area contributed by atoms with Gasteiger partial charge in [-0.15, -0.1) is 0 Å². The van der Waals surface area contributed by atoms with Crippen LogP contribution in [0.2, 0.25) is 0 Å². The van der Waals surface area contributed by atoms with Gasteiger partial charge < -0.3 is 9.73 Å². The van der Waals surface area contributed by atoms with E-state index in [2.05, 4.69) is 10.3 Å². The van der Waals surface area contributed by atoms with Gasteiger partial charge in [0.2, 0.25) is 5.89 Å². The van der Waals surface area contributed by atoms with Crippen LogP contribution in [0, 0.1) is 6.92 Å². The molecule has 4 nitrogen and oxygen atoms in total. The van der Waals surface area contributed by atoms with Gasteiger partial charge in [-0.1, -0.05) is 17.7 Å². The van der Waals surface area contributed by atoms with E-state index in [1.807, 2.05) is 45.0 Å². The van der Waals surface area contributed by atoms with Gasteiger partial charge in [-0.3, -0.25) is 4.79 Å². The van der Waals surface area contributed by atoms with Crippen LogP contribution in [0.15, 0.2) is 46.9 Å². The van der Waals surface area contributed by atoms with E-state index >= 15 is 0 Å². The Hall–Kier alpha value is -2.62. The van der Waals surface area contributed by atoms with Crippen molar-refractivity contribution in [3.05, 3.63) is 53.6 Å². The number of hydrogen-bond donors (Lipinski definition) is 1. The zero-order valence-electron chi connectivity index (χ0n) is 12.9. The quantitative estimate of drug-likeness (QED) is 0.796. The van der Waals surface area contributed by atoms with E-state index in [0.717, 1.165) is 5.56 Å². The standard InChI is InChI=1S/C18H18N2O2/c1-11(2)19-17(21)14-8-9-16-15(10-14)20-18(22-16)13-6-4-12(3)5-7-13/h4-11H,1-3H3,(H,19,21). The molecule has 0 aliphatic heterocycles. The minimum atomic E-state index is -0.100. The average molecular weight is 294 g/mol. The van der Waals surface area contributed by atoms with Gasteiger partial charge in [-0.25, -0.2) is 4.98 Å². The molecule has 0 unspecified atom stereocenters. The number of carbonyl (C=O) groups excluding carboxylic acids is 1. The highest BCUT2D eigenvalue weighted by atomic mass is 16.3. The van der Waals surface area contributed by atoms with Gasteiger partial charge in [0, 0.05) is 17.2 Å². The smallest absolute Gasteiger partial charge is 0.251 e. The van der Waals surface area contributed by atoms with Crippen LogP contribution in [0.5, 0.6) is 0 Å². The third kappa shape index (κ3) is 2.86. The number of aromatic nitrogens is 1. The molecule has 0 bridgehead atoms. The molecule has 0 aliphatic rings. The lowest BCUT2D eigenvalue weighted by atomic mass is 10.1. The van der Waals surface area contributed by atoms with Crippen molar-refractivity contribution in [2.24, 2.45) is 0 Å². The van der Waals surface area contributed by atoms with E-state index in [1.165, 1.54) is 5.56 Å². The SMILES string of the molecule is Cc1ccc(-c2nc3cc(C(=O)NC(C)C)ccc3o2)cc1. The summed E-state index contributed by atoms with van der Waals surface area (Å²) in [5, 5.41) is 2.87. The predicted molar refractivity (Wildman–Crippen MR) is 86.8 cm³/mol. The van der Waals surface area contributed by atoms with Crippen molar-refractivity contribution in [1.82, 2.24) is 10.3 Å². The fourth-order valence-corrected chi connectivity index (χ4v) is 2.23. The Labute approximate surface area is 129 Å². The number of nitrogens with zero attached hydrogens (tertiary/aromatic N) is 1. The summed E-state index contributed by atoms with van der Waals surface area (Å²) in [6.07, 6.45) is 0. The number of rotatable bonds is 3. The topological polar surface area (TPSA) is 55.1 Å². The first-order valence-corrected chi connectivity index (χ1v) is 7.31. The second-order valence-electron chi connectivity index (χ2n) is 5.70. The van der Waals surface area contributed by atoms with Crippen LogP contribution in [-0.2, 0) is 0 Å². The van der Waals surface area contributed by atoms with Crippen molar-refractivity contribution in [3.8, 4) is 11.5 Å². The number of benzene rings is 2. The van der Waals surface area contributed by atoms with Gasteiger partial charge >= 0.3 is 0 Å². The lowest BCUT2D eigenvalue weighted by Gasteiger charge is -2.07. The molecule has 0 aliphatic carbocycles. The second-order valence-corrected chi connectivity index (χ2v) is 5.70. The molecule has 1 aromatic heterocycles. The Morgan fingerprint density at radius 1 is 1.14 bits per heavy atom. The van der Waals surface area contributed by atoms with Gasteiger partial charge in [0.05, 0.1) is 0 Å². The molecule has 0 radical (unpaired) electrons. The molecule has 0 spiro atoms. The molecule has 0 atom stereocenters. The average Bonchev–Trinajstić information content (AvgIpc) is 2.90. The maximum absolute atomic E-state index is 12.0. The van der Waals surface area contributed by atoms with Gasteiger partial charge in [-0.2, -0.15) is 0 Å². The fraction of sp³-hybridized carbons (Fsp3) is 0.222. The molecule has 1 N–H and O–H groups in total. The van der Waals surface area contributed by atoms with Crippen LogP contribution < -0.4 is 5.32 Å². The molecule has 2 aromatic carbocycles. The van der Waals surface area contributed by atoms with Crippen LogP contribution in [-0.4, -0.2) is 16.9 Å². The monoisotopic (exact) mass is 294 g/mol. The summed E-state index contributed by atoms with van der Waals surface area (Å²) >= 11 is 0. The third-order valence-corrected chi connectivity index (χ3v) is 3.37. The van der Waals surface area contributed by atoms with Gasteiger partial charge in [-0.05, 0) is 51.1 Å². The Morgan fingerprint density at radius 2 is 1.86 bits per heavy atom. The molecule has 0 saturated carbocycles. The summed E-state index contributed by atoms with van der Waals surface area (Å²) in [6, 6.07) is 13.4. The summed E-state index contributed by atoms with van der Waals surface area (Å²) < 4.78 is 5.77. The van der Waals surface area contributed by atoms with E-state index in [1.54, 1.807) is 18.2 Å².